The summed E-state index contributed by atoms with van der Waals surface area (Å²) in [5, 5.41) is 5.76. The number of carbonyl (C=O) groups excluding carboxylic acids is 2. The molecule has 0 aromatic heterocycles. The van der Waals surface area contributed by atoms with Gasteiger partial charge in [0.2, 0.25) is 15.9 Å². The zero-order valence-corrected chi connectivity index (χ0v) is 17.5. The lowest BCUT2D eigenvalue weighted by molar-refractivity contribution is -0.126. The number of nitrogens with one attached hydrogen (secondary N) is 2. The summed E-state index contributed by atoms with van der Waals surface area (Å²) in [6.07, 6.45) is 3.21. The van der Waals surface area contributed by atoms with Gasteiger partial charge in [0.15, 0.2) is 6.10 Å². The Morgan fingerprint density at radius 3 is 2.76 bits per heavy atom. The van der Waals surface area contributed by atoms with Gasteiger partial charge in [0.25, 0.3) is 5.91 Å². The van der Waals surface area contributed by atoms with Gasteiger partial charge in [0, 0.05) is 25.2 Å². The van der Waals surface area contributed by atoms with E-state index in [9.17, 15) is 18.0 Å². The quantitative estimate of drug-likeness (QED) is 0.754. The van der Waals surface area contributed by atoms with Gasteiger partial charge in [-0.25, -0.2) is 8.42 Å². The van der Waals surface area contributed by atoms with E-state index in [1.807, 2.05) is 6.92 Å². The first-order valence-electron chi connectivity index (χ1n) is 10.2. The molecule has 8 nitrogen and oxygen atoms in total. The molecule has 158 valence electrons. The van der Waals surface area contributed by atoms with E-state index in [4.69, 9.17) is 4.74 Å². The summed E-state index contributed by atoms with van der Waals surface area (Å²) in [4.78, 5) is 24.6. The minimum Gasteiger partial charge on any atom is -0.478 e. The minimum atomic E-state index is -3.78. The number of aryl methyl sites for hydroxylation is 1. The van der Waals surface area contributed by atoms with Gasteiger partial charge in [-0.05, 0) is 50.7 Å². The molecule has 2 amide bonds. The van der Waals surface area contributed by atoms with Crippen LogP contribution in [-0.2, 0) is 19.6 Å². The zero-order chi connectivity index (χ0) is 20.8. The summed E-state index contributed by atoms with van der Waals surface area (Å²) in [5.41, 5.74) is 1.02. The van der Waals surface area contributed by atoms with Crippen molar-refractivity contribution in [1.82, 2.24) is 9.62 Å². The van der Waals surface area contributed by atoms with Gasteiger partial charge in [-0.2, -0.15) is 4.31 Å². The number of benzene rings is 1. The fourth-order valence-electron chi connectivity index (χ4n) is 3.89. The van der Waals surface area contributed by atoms with Gasteiger partial charge in [0.1, 0.15) is 5.75 Å². The van der Waals surface area contributed by atoms with E-state index in [0.29, 0.717) is 42.8 Å². The Morgan fingerprint density at radius 2 is 2.07 bits per heavy atom. The lowest BCUT2D eigenvalue weighted by Crippen LogP contribution is -2.46. The van der Waals surface area contributed by atoms with Crippen molar-refractivity contribution >= 4 is 27.5 Å². The maximum atomic E-state index is 13.4. The van der Waals surface area contributed by atoms with E-state index >= 15 is 0 Å². The van der Waals surface area contributed by atoms with Crippen LogP contribution < -0.4 is 15.4 Å². The molecular formula is C20H27N3O5S. The number of nitrogens with zero attached hydrogens (tertiary/aromatic N) is 1. The molecule has 2 fully saturated rings. The normalized spacial score (nSPS) is 25.0. The third-order valence-electron chi connectivity index (χ3n) is 5.76. The number of hydrogen-bond acceptors (Lipinski definition) is 5. The van der Waals surface area contributed by atoms with Crippen LogP contribution in [0.2, 0.25) is 0 Å². The van der Waals surface area contributed by atoms with Gasteiger partial charge in [-0.1, -0.05) is 6.92 Å². The largest absolute Gasteiger partial charge is 0.478 e. The summed E-state index contributed by atoms with van der Waals surface area (Å²) >= 11 is 0. The van der Waals surface area contributed by atoms with Crippen molar-refractivity contribution in [1.29, 1.82) is 0 Å². The monoisotopic (exact) mass is 421 g/mol. The molecule has 1 aromatic rings. The Morgan fingerprint density at radius 1 is 1.31 bits per heavy atom. The molecule has 1 aliphatic carbocycles. The van der Waals surface area contributed by atoms with Crippen molar-refractivity contribution in [2.45, 2.75) is 63.0 Å². The first kappa shape index (κ1) is 20.2. The first-order chi connectivity index (χ1) is 13.8. The Labute approximate surface area is 171 Å². The number of hydrogen-bond donors (Lipinski definition) is 2. The lowest BCUT2D eigenvalue weighted by Gasteiger charge is -2.32. The number of rotatable bonds is 5. The number of piperidine rings is 1. The SMILES string of the molecule is CC[C@@H]1Oc2cc(S(=O)(=O)N3CCC[C@@H](C(=O)NC4CC4)C3)c(C)cc2NC1=O. The first-order valence-corrected chi connectivity index (χ1v) is 11.7. The smallest absolute Gasteiger partial charge is 0.265 e. The van der Waals surface area contributed by atoms with Gasteiger partial charge in [0.05, 0.1) is 16.5 Å². The molecule has 9 heteroatoms. The third-order valence-corrected chi connectivity index (χ3v) is 7.77. The van der Waals surface area contributed by atoms with E-state index in [-0.39, 0.29) is 35.2 Å². The molecule has 1 saturated heterocycles. The van der Waals surface area contributed by atoms with Crippen molar-refractivity contribution < 1.29 is 22.7 Å². The summed E-state index contributed by atoms with van der Waals surface area (Å²) < 4.78 is 33.9. The van der Waals surface area contributed by atoms with Crippen molar-refractivity contribution in [3.05, 3.63) is 17.7 Å². The fraction of sp³-hybridized carbons (Fsp3) is 0.600. The van der Waals surface area contributed by atoms with Crippen molar-refractivity contribution in [2.24, 2.45) is 5.92 Å². The van der Waals surface area contributed by atoms with Crippen LogP contribution in [0.15, 0.2) is 17.0 Å². The van der Waals surface area contributed by atoms with Gasteiger partial charge in [-0.15, -0.1) is 0 Å². The Balaban J connectivity index is 1.58. The van der Waals surface area contributed by atoms with Crippen molar-refractivity contribution in [2.75, 3.05) is 18.4 Å². The van der Waals surface area contributed by atoms with Crippen LogP contribution in [-0.4, -0.2) is 49.8 Å². The predicted molar refractivity (Wildman–Crippen MR) is 107 cm³/mol. The molecule has 2 heterocycles. The molecule has 2 N–H and O–H groups in total. The second kappa shape index (κ2) is 7.60. The highest BCUT2D eigenvalue weighted by Crippen LogP contribution is 2.36. The molecule has 29 heavy (non-hydrogen) atoms. The highest BCUT2D eigenvalue weighted by atomic mass is 32.2. The van der Waals surface area contributed by atoms with Crippen LogP contribution in [0.3, 0.4) is 0 Å². The third kappa shape index (κ3) is 3.98. The molecule has 0 bridgehead atoms. The van der Waals surface area contributed by atoms with E-state index in [1.54, 1.807) is 13.0 Å². The Kier molecular flexibility index (Phi) is 5.29. The number of fused-ring (bicyclic) bond motifs is 1. The summed E-state index contributed by atoms with van der Waals surface area (Å²) in [6.45, 7) is 4.11. The van der Waals surface area contributed by atoms with Crippen LogP contribution in [0.25, 0.3) is 0 Å². The predicted octanol–water partition coefficient (Wildman–Crippen LogP) is 1.78. The van der Waals surface area contributed by atoms with Crippen LogP contribution in [0, 0.1) is 12.8 Å². The second-order valence-corrected chi connectivity index (χ2v) is 10.0. The van der Waals surface area contributed by atoms with Crippen LogP contribution in [0.5, 0.6) is 5.75 Å². The summed E-state index contributed by atoms with van der Waals surface area (Å²) in [5.74, 6) is -0.236. The number of anilines is 1. The number of carbonyl (C=O) groups is 2. The topological polar surface area (TPSA) is 105 Å². The van der Waals surface area contributed by atoms with Crippen molar-refractivity contribution in [3.8, 4) is 5.75 Å². The summed E-state index contributed by atoms with van der Waals surface area (Å²) in [6, 6.07) is 3.39. The van der Waals surface area contributed by atoms with E-state index in [1.165, 1.54) is 10.4 Å². The zero-order valence-electron chi connectivity index (χ0n) is 16.7. The number of amides is 2. The standard InChI is InChI=1S/C20H27N3O5S/c1-3-16-20(25)22-15-9-12(2)18(10-17(15)28-16)29(26,27)23-8-4-5-13(11-23)19(24)21-14-6-7-14/h9-10,13-14,16H,3-8,11H2,1-2H3,(H,21,24)(H,22,25)/t13-,16+/m1/s1. The van der Waals surface area contributed by atoms with Crippen LogP contribution >= 0.6 is 0 Å². The van der Waals surface area contributed by atoms with Gasteiger partial charge in [-0.3, -0.25) is 9.59 Å². The lowest BCUT2D eigenvalue weighted by atomic mass is 9.99. The molecular weight excluding hydrogens is 394 g/mol. The van der Waals surface area contributed by atoms with Crippen molar-refractivity contribution in [3.63, 3.8) is 0 Å². The highest BCUT2D eigenvalue weighted by molar-refractivity contribution is 7.89. The number of ether oxygens (including phenoxy) is 1. The number of sulfonamides is 1. The molecule has 0 spiro atoms. The van der Waals surface area contributed by atoms with Crippen LogP contribution in [0.1, 0.15) is 44.6 Å². The maximum Gasteiger partial charge on any atom is 0.265 e. The highest BCUT2D eigenvalue weighted by Gasteiger charge is 2.37. The minimum absolute atomic E-state index is 0.0496. The Hall–Kier alpha value is -2.13. The van der Waals surface area contributed by atoms with Gasteiger partial charge < -0.3 is 15.4 Å². The summed E-state index contributed by atoms with van der Waals surface area (Å²) in [7, 11) is -3.78. The molecule has 0 radical (unpaired) electrons. The van der Waals surface area contributed by atoms with E-state index < -0.39 is 16.1 Å². The fourth-order valence-corrected chi connectivity index (χ4v) is 5.64. The molecule has 1 aromatic carbocycles. The Bertz CT molecular complexity index is 942. The molecule has 3 aliphatic rings. The average molecular weight is 422 g/mol. The molecule has 2 aliphatic heterocycles. The molecule has 2 atom stereocenters. The molecule has 1 saturated carbocycles. The molecule has 0 unspecified atom stereocenters. The van der Waals surface area contributed by atoms with E-state index in [0.717, 1.165) is 12.8 Å². The van der Waals surface area contributed by atoms with Gasteiger partial charge >= 0.3 is 0 Å². The average Bonchev–Trinajstić information content (AvgIpc) is 3.51. The molecule has 4 rings (SSSR count). The van der Waals surface area contributed by atoms with E-state index in [2.05, 4.69) is 10.6 Å². The second-order valence-electron chi connectivity index (χ2n) is 8.10. The maximum absolute atomic E-state index is 13.4. The van der Waals surface area contributed by atoms with Crippen LogP contribution in [0.4, 0.5) is 5.69 Å².